The van der Waals surface area contributed by atoms with E-state index in [9.17, 15) is 9.59 Å². The van der Waals surface area contributed by atoms with Crippen LogP contribution in [0.1, 0.15) is 44.5 Å². The van der Waals surface area contributed by atoms with Crippen LogP contribution in [0.3, 0.4) is 0 Å². The minimum absolute atomic E-state index is 0.131. The molecule has 0 fully saturated rings. The summed E-state index contributed by atoms with van der Waals surface area (Å²) in [6.07, 6.45) is 3.31. The maximum atomic E-state index is 12.9. The molecular formula is C28H24O5. The zero-order valence-electron chi connectivity index (χ0n) is 18.8. The van der Waals surface area contributed by atoms with E-state index in [1.165, 1.54) is 6.08 Å². The monoisotopic (exact) mass is 440 g/mol. The first-order valence-corrected chi connectivity index (χ1v) is 10.7. The fourth-order valence-corrected chi connectivity index (χ4v) is 3.50. The van der Waals surface area contributed by atoms with E-state index in [0.29, 0.717) is 46.0 Å². The molecular weight excluding hydrogens is 416 g/mol. The van der Waals surface area contributed by atoms with Gasteiger partial charge in [-0.05, 0) is 74.9 Å². The summed E-state index contributed by atoms with van der Waals surface area (Å²) in [6.45, 7) is 6.15. The third-order valence-corrected chi connectivity index (χ3v) is 5.20. The summed E-state index contributed by atoms with van der Waals surface area (Å²) in [5, 5.41) is 0.636. The maximum absolute atomic E-state index is 12.9. The molecule has 5 heteroatoms. The Morgan fingerprint density at radius 1 is 0.909 bits per heavy atom. The van der Waals surface area contributed by atoms with Crippen molar-refractivity contribution in [3.63, 3.8) is 0 Å². The summed E-state index contributed by atoms with van der Waals surface area (Å²) in [4.78, 5) is 25.3. The first-order chi connectivity index (χ1) is 15.9. The van der Waals surface area contributed by atoms with Crippen LogP contribution in [0.4, 0.5) is 0 Å². The number of hydrogen-bond donors (Lipinski definition) is 0. The van der Waals surface area contributed by atoms with E-state index in [1.807, 2.05) is 38.1 Å². The molecule has 4 rings (SSSR count). The van der Waals surface area contributed by atoms with Gasteiger partial charge < -0.3 is 13.9 Å². The highest BCUT2D eigenvalue weighted by Gasteiger charge is 2.21. The van der Waals surface area contributed by atoms with Crippen molar-refractivity contribution < 1.29 is 23.5 Å². The third kappa shape index (κ3) is 5.04. The highest BCUT2D eigenvalue weighted by molar-refractivity contribution is 6.07. The highest BCUT2D eigenvalue weighted by atomic mass is 16.5. The standard InChI is InChI=1S/C28H24O5/c1-4-31-23-14-16-26-24(17-23)27(19(3)32-26)28(30)33-22-12-10-21(11-13-22)25(29)15-9-20-7-5-18(2)6-8-20/h5-17H,4H2,1-3H3/b15-9+. The second kappa shape index (κ2) is 9.57. The van der Waals surface area contributed by atoms with Crippen molar-refractivity contribution in [3.8, 4) is 11.5 Å². The van der Waals surface area contributed by atoms with Crippen molar-refractivity contribution >= 4 is 28.8 Å². The quantitative estimate of drug-likeness (QED) is 0.141. The van der Waals surface area contributed by atoms with Gasteiger partial charge in [0.2, 0.25) is 0 Å². The molecule has 0 aliphatic rings. The zero-order valence-corrected chi connectivity index (χ0v) is 18.8. The molecule has 0 saturated carbocycles. The van der Waals surface area contributed by atoms with Crippen LogP contribution >= 0.6 is 0 Å². The van der Waals surface area contributed by atoms with Crippen LogP contribution in [-0.4, -0.2) is 18.4 Å². The molecule has 0 unspecified atom stereocenters. The summed E-state index contributed by atoms with van der Waals surface area (Å²) >= 11 is 0. The fourth-order valence-electron chi connectivity index (χ4n) is 3.50. The van der Waals surface area contributed by atoms with Crippen molar-refractivity contribution in [2.24, 2.45) is 0 Å². The second-order valence-electron chi connectivity index (χ2n) is 7.65. The van der Waals surface area contributed by atoms with Gasteiger partial charge in [0.25, 0.3) is 0 Å². The van der Waals surface area contributed by atoms with Crippen LogP contribution in [0.2, 0.25) is 0 Å². The average molecular weight is 440 g/mol. The van der Waals surface area contributed by atoms with Gasteiger partial charge in [-0.2, -0.15) is 0 Å². The van der Waals surface area contributed by atoms with Gasteiger partial charge in [0.15, 0.2) is 5.78 Å². The van der Waals surface area contributed by atoms with Crippen LogP contribution in [0.5, 0.6) is 11.5 Å². The van der Waals surface area contributed by atoms with E-state index in [1.54, 1.807) is 55.5 Å². The Morgan fingerprint density at radius 2 is 1.61 bits per heavy atom. The topological polar surface area (TPSA) is 65.7 Å². The molecule has 166 valence electrons. The summed E-state index contributed by atoms with van der Waals surface area (Å²) in [7, 11) is 0. The van der Waals surface area contributed by atoms with E-state index < -0.39 is 5.97 Å². The molecule has 5 nitrogen and oxygen atoms in total. The summed E-state index contributed by atoms with van der Waals surface area (Å²) in [5.74, 6) is 0.804. The van der Waals surface area contributed by atoms with Crippen molar-refractivity contribution in [1.29, 1.82) is 0 Å². The normalized spacial score (nSPS) is 11.1. The van der Waals surface area contributed by atoms with Gasteiger partial charge in [-0.1, -0.05) is 35.9 Å². The molecule has 0 atom stereocenters. The van der Waals surface area contributed by atoms with E-state index in [4.69, 9.17) is 13.9 Å². The molecule has 0 aliphatic heterocycles. The Morgan fingerprint density at radius 3 is 2.30 bits per heavy atom. The lowest BCUT2D eigenvalue weighted by Gasteiger charge is -2.06. The van der Waals surface area contributed by atoms with Crippen LogP contribution < -0.4 is 9.47 Å². The highest BCUT2D eigenvalue weighted by Crippen LogP contribution is 2.30. The SMILES string of the molecule is CCOc1ccc2oc(C)c(C(=O)Oc3ccc(C(=O)/C=C/c4ccc(C)cc4)cc3)c2c1. The Hall–Kier alpha value is -4.12. The van der Waals surface area contributed by atoms with E-state index >= 15 is 0 Å². The van der Waals surface area contributed by atoms with Crippen LogP contribution in [0.25, 0.3) is 17.0 Å². The zero-order chi connectivity index (χ0) is 23.4. The van der Waals surface area contributed by atoms with Crippen LogP contribution in [0.15, 0.2) is 77.2 Å². The molecule has 0 spiro atoms. The van der Waals surface area contributed by atoms with Gasteiger partial charge >= 0.3 is 5.97 Å². The minimum Gasteiger partial charge on any atom is -0.494 e. The van der Waals surface area contributed by atoms with Crippen molar-refractivity contribution in [2.45, 2.75) is 20.8 Å². The van der Waals surface area contributed by atoms with Crippen molar-refractivity contribution in [2.75, 3.05) is 6.61 Å². The Bertz CT molecular complexity index is 1330. The van der Waals surface area contributed by atoms with Crippen molar-refractivity contribution in [1.82, 2.24) is 0 Å². The van der Waals surface area contributed by atoms with E-state index in [2.05, 4.69) is 0 Å². The lowest BCUT2D eigenvalue weighted by atomic mass is 10.1. The molecule has 0 bridgehead atoms. The summed E-state index contributed by atoms with van der Waals surface area (Å²) in [6, 6.07) is 19.7. The number of fused-ring (bicyclic) bond motifs is 1. The largest absolute Gasteiger partial charge is 0.494 e. The molecule has 33 heavy (non-hydrogen) atoms. The minimum atomic E-state index is -0.529. The van der Waals surface area contributed by atoms with E-state index in [0.717, 1.165) is 11.1 Å². The number of allylic oxidation sites excluding steroid dienone is 1. The number of carbonyl (C=O) groups excluding carboxylic acids is 2. The van der Waals surface area contributed by atoms with Gasteiger partial charge in [0.05, 0.1) is 6.61 Å². The first-order valence-electron chi connectivity index (χ1n) is 10.7. The molecule has 0 amide bonds. The molecule has 3 aromatic carbocycles. The Balaban J connectivity index is 1.48. The number of hydrogen-bond acceptors (Lipinski definition) is 5. The lowest BCUT2D eigenvalue weighted by molar-refractivity contribution is 0.0734. The average Bonchev–Trinajstić information content (AvgIpc) is 3.14. The summed E-state index contributed by atoms with van der Waals surface area (Å²) < 4.78 is 16.8. The fraction of sp³-hybridized carbons (Fsp3) is 0.143. The number of benzene rings is 3. The van der Waals surface area contributed by atoms with Gasteiger partial charge in [-0.15, -0.1) is 0 Å². The lowest BCUT2D eigenvalue weighted by Crippen LogP contribution is -2.09. The first kappa shape index (κ1) is 22.1. The molecule has 1 aromatic heterocycles. The number of furan rings is 1. The van der Waals surface area contributed by atoms with Crippen LogP contribution in [0, 0.1) is 13.8 Å². The summed E-state index contributed by atoms with van der Waals surface area (Å²) in [5.41, 5.74) is 3.56. The molecule has 0 saturated heterocycles. The van der Waals surface area contributed by atoms with Crippen molar-refractivity contribution in [3.05, 3.63) is 101 Å². The molecule has 0 N–H and O–H groups in total. The molecule has 0 radical (unpaired) electrons. The third-order valence-electron chi connectivity index (χ3n) is 5.20. The predicted molar refractivity (Wildman–Crippen MR) is 128 cm³/mol. The second-order valence-corrected chi connectivity index (χ2v) is 7.65. The maximum Gasteiger partial charge on any atom is 0.347 e. The van der Waals surface area contributed by atoms with E-state index in [-0.39, 0.29) is 5.78 Å². The van der Waals surface area contributed by atoms with Gasteiger partial charge in [0, 0.05) is 10.9 Å². The van der Waals surface area contributed by atoms with Gasteiger partial charge in [-0.3, -0.25) is 4.79 Å². The number of ether oxygens (including phenoxy) is 2. The predicted octanol–water partition coefficient (Wildman–Crippen LogP) is 6.56. The number of carbonyl (C=O) groups is 2. The van der Waals surface area contributed by atoms with Gasteiger partial charge in [0.1, 0.15) is 28.4 Å². The van der Waals surface area contributed by atoms with Gasteiger partial charge in [-0.25, -0.2) is 4.79 Å². The smallest absolute Gasteiger partial charge is 0.347 e. The molecule has 0 aliphatic carbocycles. The number of rotatable bonds is 7. The number of ketones is 1. The Kier molecular flexibility index (Phi) is 6.41. The molecule has 4 aromatic rings. The number of esters is 1. The molecule has 1 heterocycles. The Labute approximate surface area is 192 Å². The van der Waals surface area contributed by atoms with Crippen LogP contribution in [-0.2, 0) is 0 Å². The number of aryl methyl sites for hydroxylation is 2.